The molecule has 1 saturated heterocycles. The van der Waals surface area contributed by atoms with Crippen molar-refractivity contribution in [3.8, 4) is 0 Å². The maximum atomic E-state index is 13.5. The lowest BCUT2D eigenvalue weighted by Gasteiger charge is -2.34. The molecule has 0 amide bonds. The van der Waals surface area contributed by atoms with E-state index in [1.165, 1.54) is 6.07 Å². The number of aromatic nitrogens is 2. The molecule has 28 heavy (non-hydrogen) atoms. The average molecular weight is 446 g/mol. The minimum absolute atomic E-state index is 0.00944. The number of hydrogen-bond donors (Lipinski definition) is 0. The van der Waals surface area contributed by atoms with Crippen LogP contribution in [0.3, 0.4) is 0 Å². The molecule has 6 nitrogen and oxygen atoms in total. The molecule has 0 bridgehead atoms. The van der Waals surface area contributed by atoms with Gasteiger partial charge in [0.15, 0.2) is 9.84 Å². The summed E-state index contributed by atoms with van der Waals surface area (Å²) in [7, 11) is -3.84. The number of anilines is 1. The summed E-state index contributed by atoms with van der Waals surface area (Å²) in [6, 6.07) is 5.18. The van der Waals surface area contributed by atoms with Gasteiger partial charge in [0.25, 0.3) is 0 Å². The van der Waals surface area contributed by atoms with Crippen LogP contribution < -0.4 is 4.90 Å². The van der Waals surface area contributed by atoms with Crippen LogP contribution in [-0.2, 0) is 19.3 Å². The number of rotatable bonds is 4. The van der Waals surface area contributed by atoms with Gasteiger partial charge in [-0.1, -0.05) is 11.6 Å². The fourth-order valence-electron chi connectivity index (χ4n) is 3.50. The summed E-state index contributed by atoms with van der Waals surface area (Å²) < 4.78 is 44.4. The number of benzene rings is 1. The predicted molar refractivity (Wildman–Crippen MR) is 104 cm³/mol. The van der Waals surface area contributed by atoms with Gasteiger partial charge in [-0.05, 0) is 49.6 Å². The van der Waals surface area contributed by atoms with Gasteiger partial charge in [-0.3, -0.25) is 0 Å². The molecule has 0 spiro atoms. The van der Waals surface area contributed by atoms with Gasteiger partial charge in [0, 0.05) is 12.6 Å². The molecular weight excluding hydrogens is 428 g/mol. The summed E-state index contributed by atoms with van der Waals surface area (Å²) in [6.07, 6.45) is 0.797. The first kappa shape index (κ1) is 19.8. The topological polar surface area (TPSA) is 72.4 Å². The predicted octanol–water partition coefficient (Wildman–Crippen LogP) is 3.61. The van der Waals surface area contributed by atoms with Gasteiger partial charge in [-0.25, -0.2) is 22.8 Å². The molecule has 1 aliphatic heterocycles. The third kappa shape index (κ3) is 3.26. The van der Waals surface area contributed by atoms with Crippen LogP contribution in [0.5, 0.6) is 0 Å². The van der Waals surface area contributed by atoms with E-state index in [2.05, 4.69) is 9.97 Å². The summed E-state index contributed by atoms with van der Waals surface area (Å²) in [6.45, 7) is 3.73. The maximum Gasteiger partial charge on any atom is 0.224 e. The van der Waals surface area contributed by atoms with Crippen molar-refractivity contribution in [2.24, 2.45) is 0 Å². The van der Waals surface area contributed by atoms with Crippen LogP contribution >= 0.6 is 23.2 Å². The molecule has 2 heterocycles. The standard InChI is InChI=1S/C18H18Cl2FN3O3S/c1-11-10-27-7-6-24(11)16-9-15(22-17(20)23-16)18(4-5-18)28(25,26)12-2-3-14(21)13(19)8-12/h2-3,8-9,11H,4-7,10H2,1H3. The molecule has 2 aliphatic rings. The SMILES string of the molecule is CC1COCCN1c1cc(C2(S(=O)(=O)c3ccc(F)c(Cl)c3)CC2)nc(Cl)n1. The van der Waals surface area contributed by atoms with Gasteiger partial charge in [0.1, 0.15) is 16.4 Å². The third-order valence-electron chi connectivity index (χ3n) is 5.23. The molecule has 4 rings (SSSR count). The van der Waals surface area contributed by atoms with Gasteiger partial charge in [0.2, 0.25) is 5.28 Å². The minimum Gasteiger partial charge on any atom is -0.377 e. The fraction of sp³-hybridized carbons (Fsp3) is 0.444. The Morgan fingerprint density at radius 1 is 1.25 bits per heavy atom. The first-order valence-electron chi connectivity index (χ1n) is 8.84. The highest BCUT2D eigenvalue weighted by molar-refractivity contribution is 7.92. The lowest BCUT2D eigenvalue weighted by molar-refractivity contribution is 0.0985. The highest BCUT2D eigenvalue weighted by Gasteiger charge is 2.58. The van der Waals surface area contributed by atoms with Crippen LogP contribution in [0.4, 0.5) is 10.2 Å². The first-order chi connectivity index (χ1) is 13.2. The van der Waals surface area contributed by atoms with E-state index in [0.29, 0.717) is 44.1 Å². The van der Waals surface area contributed by atoms with Crippen molar-refractivity contribution in [3.63, 3.8) is 0 Å². The second-order valence-electron chi connectivity index (χ2n) is 7.07. The zero-order valence-corrected chi connectivity index (χ0v) is 17.4. The van der Waals surface area contributed by atoms with E-state index in [1.54, 1.807) is 6.07 Å². The van der Waals surface area contributed by atoms with Crippen molar-refractivity contribution in [3.05, 3.63) is 46.1 Å². The number of halogens is 3. The van der Waals surface area contributed by atoms with E-state index in [0.717, 1.165) is 12.1 Å². The lowest BCUT2D eigenvalue weighted by atomic mass is 10.2. The third-order valence-corrected chi connectivity index (χ3v) is 8.21. The normalized spacial score (nSPS) is 21.6. The van der Waals surface area contributed by atoms with Crippen molar-refractivity contribution >= 4 is 38.9 Å². The first-order valence-corrected chi connectivity index (χ1v) is 11.1. The highest BCUT2D eigenvalue weighted by Crippen LogP contribution is 2.55. The molecule has 1 aromatic carbocycles. The van der Waals surface area contributed by atoms with Crippen LogP contribution in [0.25, 0.3) is 0 Å². The number of ether oxygens (including phenoxy) is 1. The van der Waals surface area contributed by atoms with Crippen LogP contribution in [0.15, 0.2) is 29.2 Å². The van der Waals surface area contributed by atoms with Gasteiger partial charge in [-0.2, -0.15) is 0 Å². The Balaban J connectivity index is 1.76. The van der Waals surface area contributed by atoms with Crippen molar-refractivity contribution in [1.29, 1.82) is 0 Å². The summed E-state index contributed by atoms with van der Waals surface area (Å²) in [4.78, 5) is 10.5. The Labute approximate surface area is 172 Å². The second-order valence-corrected chi connectivity index (χ2v) is 10.1. The smallest absolute Gasteiger partial charge is 0.224 e. The second kappa shape index (κ2) is 7.09. The molecule has 1 atom stereocenters. The Bertz CT molecular complexity index is 1030. The Kier molecular flexibility index (Phi) is 5.02. The van der Waals surface area contributed by atoms with Crippen LogP contribution in [0.1, 0.15) is 25.5 Å². The summed E-state index contributed by atoms with van der Waals surface area (Å²) in [5.74, 6) is -0.0939. The molecule has 1 aromatic heterocycles. The number of morpholine rings is 1. The van der Waals surface area contributed by atoms with Gasteiger partial charge >= 0.3 is 0 Å². The van der Waals surface area contributed by atoms with Gasteiger partial charge < -0.3 is 9.64 Å². The van der Waals surface area contributed by atoms with E-state index in [1.807, 2.05) is 11.8 Å². The Morgan fingerprint density at radius 3 is 2.64 bits per heavy atom. The number of hydrogen-bond acceptors (Lipinski definition) is 6. The quantitative estimate of drug-likeness (QED) is 0.528. The van der Waals surface area contributed by atoms with Crippen LogP contribution in [0.2, 0.25) is 10.3 Å². The largest absolute Gasteiger partial charge is 0.377 e. The van der Waals surface area contributed by atoms with Gasteiger partial charge in [-0.15, -0.1) is 0 Å². The average Bonchev–Trinajstić information content (AvgIpc) is 3.46. The van der Waals surface area contributed by atoms with Crippen molar-refractivity contribution in [2.75, 3.05) is 24.7 Å². The minimum atomic E-state index is -3.84. The van der Waals surface area contributed by atoms with Crippen molar-refractivity contribution in [1.82, 2.24) is 9.97 Å². The summed E-state index contributed by atoms with van der Waals surface area (Å²) in [5.41, 5.74) is 0.349. The van der Waals surface area contributed by atoms with Crippen LogP contribution in [-0.4, -0.2) is 44.2 Å². The molecule has 2 aromatic rings. The monoisotopic (exact) mass is 445 g/mol. The zero-order chi connectivity index (χ0) is 20.1. The van der Waals surface area contributed by atoms with E-state index < -0.39 is 20.4 Å². The molecule has 0 radical (unpaired) electrons. The molecule has 0 N–H and O–H groups in total. The molecular formula is C18H18Cl2FN3O3S. The Hall–Kier alpha value is -1.48. The number of nitrogens with zero attached hydrogens (tertiary/aromatic N) is 3. The van der Waals surface area contributed by atoms with Gasteiger partial charge in [0.05, 0.1) is 34.9 Å². The molecule has 10 heteroatoms. The van der Waals surface area contributed by atoms with E-state index in [-0.39, 0.29) is 21.2 Å². The fourth-order valence-corrected chi connectivity index (χ4v) is 5.91. The maximum absolute atomic E-state index is 13.5. The van der Waals surface area contributed by atoms with E-state index >= 15 is 0 Å². The summed E-state index contributed by atoms with van der Waals surface area (Å²) in [5, 5.41) is -0.245. The summed E-state index contributed by atoms with van der Waals surface area (Å²) >= 11 is 11.9. The molecule has 1 aliphatic carbocycles. The molecule has 150 valence electrons. The molecule has 2 fully saturated rings. The van der Waals surface area contributed by atoms with Crippen LogP contribution in [0, 0.1) is 5.82 Å². The van der Waals surface area contributed by atoms with Crippen molar-refractivity contribution in [2.45, 2.75) is 35.4 Å². The zero-order valence-electron chi connectivity index (χ0n) is 15.0. The lowest BCUT2D eigenvalue weighted by Crippen LogP contribution is -2.44. The number of sulfone groups is 1. The van der Waals surface area contributed by atoms with Crippen molar-refractivity contribution < 1.29 is 17.5 Å². The highest BCUT2D eigenvalue weighted by atomic mass is 35.5. The Morgan fingerprint density at radius 2 is 2.00 bits per heavy atom. The molecule has 1 unspecified atom stereocenters. The van der Waals surface area contributed by atoms with E-state index in [9.17, 15) is 12.8 Å². The molecule has 1 saturated carbocycles. The van der Waals surface area contributed by atoms with E-state index in [4.69, 9.17) is 27.9 Å².